The van der Waals surface area contributed by atoms with Gasteiger partial charge >= 0.3 is 0 Å². The van der Waals surface area contributed by atoms with Crippen LogP contribution in [0, 0.1) is 0 Å². The molecule has 1 saturated heterocycles. The third kappa shape index (κ3) is 7.88. The van der Waals surface area contributed by atoms with Crippen molar-refractivity contribution in [1.29, 1.82) is 0 Å². The minimum Gasteiger partial charge on any atom is -0.396 e. The van der Waals surface area contributed by atoms with Crippen LogP contribution in [0.4, 0.5) is 0 Å². The first-order valence-electron chi connectivity index (χ1n) is 3.81. The molecule has 0 unspecified atom stereocenters. The van der Waals surface area contributed by atoms with E-state index in [1.165, 1.54) is 0 Å². The van der Waals surface area contributed by atoms with Crippen molar-refractivity contribution in [3.63, 3.8) is 0 Å². The molecule has 0 aromatic rings. The number of morpholine rings is 1. The summed E-state index contributed by atoms with van der Waals surface area (Å²) in [5, 5.41) is 11.0. The standard InChI is InChI=1S/C4H9NO.C3H8O/c1-3-6-4-2-5-1;1-2-3-4/h5H,1-4H2;4H,2-3H2,1H3. The van der Waals surface area contributed by atoms with Gasteiger partial charge in [0.15, 0.2) is 0 Å². The zero-order valence-electron chi connectivity index (χ0n) is 6.60. The lowest BCUT2D eigenvalue weighted by molar-refractivity contribution is 0.109. The minimum atomic E-state index is 0.319. The molecule has 1 fully saturated rings. The first kappa shape index (κ1) is 9.88. The van der Waals surface area contributed by atoms with E-state index in [1.54, 1.807) is 0 Å². The van der Waals surface area contributed by atoms with Gasteiger partial charge in [-0.1, -0.05) is 6.92 Å². The number of ether oxygens (including phenoxy) is 1. The van der Waals surface area contributed by atoms with Gasteiger partial charge in [0.05, 0.1) is 13.2 Å². The van der Waals surface area contributed by atoms with E-state index in [1.807, 2.05) is 6.92 Å². The van der Waals surface area contributed by atoms with Crippen LogP contribution in [0.1, 0.15) is 13.3 Å². The SMILES string of the molecule is C1COCCN1.CCCO. The van der Waals surface area contributed by atoms with E-state index in [0.717, 1.165) is 32.7 Å². The van der Waals surface area contributed by atoms with Gasteiger partial charge in [-0.15, -0.1) is 0 Å². The molecule has 0 aromatic heterocycles. The Bertz CT molecular complexity index is 42.1. The molecule has 0 radical (unpaired) electrons. The second kappa shape index (κ2) is 8.88. The molecule has 10 heavy (non-hydrogen) atoms. The van der Waals surface area contributed by atoms with Crippen LogP contribution < -0.4 is 5.32 Å². The molecule has 0 amide bonds. The molecular weight excluding hydrogens is 130 g/mol. The fourth-order valence-corrected chi connectivity index (χ4v) is 0.516. The summed E-state index contributed by atoms with van der Waals surface area (Å²) in [5.41, 5.74) is 0. The zero-order chi connectivity index (χ0) is 7.66. The second-order valence-corrected chi connectivity index (χ2v) is 2.09. The van der Waals surface area contributed by atoms with Crippen LogP contribution >= 0.6 is 0 Å². The average molecular weight is 147 g/mol. The van der Waals surface area contributed by atoms with E-state index in [2.05, 4.69) is 5.32 Å². The molecule has 62 valence electrons. The van der Waals surface area contributed by atoms with Gasteiger partial charge in [0, 0.05) is 19.7 Å². The Morgan fingerprint density at radius 2 is 1.90 bits per heavy atom. The van der Waals surface area contributed by atoms with Crippen molar-refractivity contribution in [3.8, 4) is 0 Å². The minimum absolute atomic E-state index is 0.319. The molecule has 1 rings (SSSR count). The summed E-state index contributed by atoms with van der Waals surface area (Å²) >= 11 is 0. The van der Waals surface area contributed by atoms with Crippen molar-refractivity contribution in [3.05, 3.63) is 0 Å². The second-order valence-electron chi connectivity index (χ2n) is 2.09. The lowest BCUT2D eigenvalue weighted by Gasteiger charge is -2.10. The molecule has 0 spiro atoms. The van der Waals surface area contributed by atoms with Crippen molar-refractivity contribution in [2.24, 2.45) is 0 Å². The fourth-order valence-electron chi connectivity index (χ4n) is 0.516. The monoisotopic (exact) mass is 147 g/mol. The molecule has 1 aliphatic heterocycles. The molecule has 3 heteroatoms. The molecule has 0 aliphatic carbocycles. The maximum Gasteiger partial charge on any atom is 0.0591 e. The van der Waals surface area contributed by atoms with E-state index in [0.29, 0.717) is 6.61 Å². The van der Waals surface area contributed by atoms with Crippen molar-refractivity contribution >= 4 is 0 Å². The lowest BCUT2D eigenvalue weighted by atomic mass is 10.5. The summed E-state index contributed by atoms with van der Waals surface area (Å²) < 4.78 is 5.01. The van der Waals surface area contributed by atoms with Crippen molar-refractivity contribution in [2.45, 2.75) is 13.3 Å². The molecule has 0 bridgehead atoms. The molecule has 1 aliphatic rings. The van der Waals surface area contributed by atoms with Gasteiger partial charge in [-0.3, -0.25) is 0 Å². The van der Waals surface area contributed by atoms with E-state index in [4.69, 9.17) is 9.84 Å². The maximum atomic E-state index is 7.88. The Balaban J connectivity index is 0.000000180. The van der Waals surface area contributed by atoms with Crippen LogP contribution in [0.2, 0.25) is 0 Å². The lowest BCUT2D eigenvalue weighted by Crippen LogP contribution is -2.30. The Hall–Kier alpha value is -0.120. The number of hydrogen-bond acceptors (Lipinski definition) is 3. The molecule has 0 atom stereocenters. The largest absolute Gasteiger partial charge is 0.396 e. The van der Waals surface area contributed by atoms with Gasteiger partial charge in [0.1, 0.15) is 0 Å². The van der Waals surface area contributed by atoms with E-state index < -0.39 is 0 Å². The molecule has 0 aromatic carbocycles. The third-order valence-electron chi connectivity index (χ3n) is 1.07. The van der Waals surface area contributed by atoms with Crippen molar-refractivity contribution in [2.75, 3.05) is 32.9 Å². The molecule has 3 nitrogen and oxygen atoms in total. The summed E-state index contributed by atoms with van der Waals surface area (Å²) in [4.78, 5) is 0. The van der Waals surface area contributed by atoms with E-state index in [-0.39, 0.29) is 0 Å². The van der Waals surface area contributed by atoms with Gasteiger partial charge in [-0.25, -0.2) is 0 Å². The summed E-state index contributed by atoms with van der Waals surface area (Å²) in [6.07, 6.45) is 0.875. The van der Waals surface area contributed by atoms with Gasteiger partial charge in [0.25, 0.3) is 0 Å². The average Bonchev–Trinajstić information content (AvgIpc) is 2.08. The summed E-state index contributed by atoms with van der Waals surface area (Å²) in [6.45, 7) is 6.08. The highest BCUT2D eigenvalue weighted by Gasteiger charge is 1.92. The van der Waals surface area contributed by atoms with Crippen molar-refractivity contribution < 1.29 is 9.84 Å². The normalized spacial score (nSPS) is 17.4. The number of nitrogens with one attached hydrogen (secondary N) is 1. The third-order valence-corrected chi connectivity index (χ3v) is 1.07. The van der Waals surface area contributed by atoms with E-state index >= 15 is 0 Å². The highest BCUT2D eigenvalue weighted by atomic mass is 16.5. The number of aliphatic hydroxyl groups is 1. The number of aliphatic hydroxyl groups excluding tert-OH is 1. The predicted octanol–water partition coefficient (Wildman–Crippen LogP) is -0.00510. The van der Waals surface area contributed by atoms with E-state index in [9.17, 15) is 0 Å². The molecule has 0 saturated carbocycles. The summed E-state index contributed by atoms with van der Waals surface area (Å²) in [7, 11) is 0. The van der Waals surface area contributed by atoms with Gasteiger partial charge in [-0.2, -0.15) is 0 Å². The maximum absolute atomic E-state index is 7.88. The smallest absolute Gasteiger partial charge is 0.0591 e. The Kier molecular flexibility index (Phi) is 8.77. The molecular formula is C7H17NO2. The van der Waals surface area contributed by atoms with Gasteiger partial charge in [0.2, 0.25) is 0 Å². The summed E-state index contributed by atoms with van der Waals surface area (Å²) in [6, 6.07) is 0. The first-order valence-corrected chi connectivity index (χ1v) is 3.81. The zero-order valence-corrected chi connectivity index (χ0v) is 6.60. The highest BCUT2D eigenvalue weighted by molar-refractivity contribution is 4.49. The summed E-state index contributed by atoms with van der Waals surface area (Å²) in [5.74, 6) is 0. The number of hydrogen-bond donors (Lipinski definition) is 2. The van der Waals surface area contributed by atoms with Crippen LogP contribution in [0.25, 0.3) is 0 Å². The topological polar surface area (TPSA) is 41.5 Å². The molecule has 2 N–H and O–H groups in total. The Labute approximate surface area is 62.4 Å². The van der Waals surface area contributed by atoms with Gasteiger partial charge in [-0.05, 0) is 6.42 Å². The highest BCUT2D eigenvalue weighted by Crippen LogP contribution is 1.76. The quantitative estimate of drug-likeness (QED) is 0.548. The molecule has 1 heterocycles. The fraction of sp³-hybridized carbons (Fsp3) is 1.00. The van der Waals surface area contributed by atoms with Crippen LogP contribution in [-0.4, -0.2) is 38.0 Å². The van der Waals surface area contributed by atoms with Crippen LogP contribution in [-0.2, 0) is 4.74 Å². The Morgan fingerprint density at radius 3 is 2.00 bits per heavy atom. The van der Waals surface area contributed by atoms with Crippen LogP contribution in [0.15, 0.2) is 0 Å². The number of rotatable bonds is 1. The van der Waals surface area contributed by atoms with Gasteiger partial charge < -0.3 is 15.2 Å². The van der Waals surface area contributed by atoms with Crippen LogP contribution in [0.3, 0.4) is 0 Å². The Morgan fingerprint density at radius 1 is 1.40 bits per heavy atom. The first-order chi connectivity index (χ1) is 4.91. The van der Waals surface area contributed by atoms with Crippen LogP contribution in [0.5, 0.6) is 0 Å². The predicted molar refractivity (Wildman–Crippen MR) is 41.1 cm³/mol. The van der Waals surface area contributed by atoms with Crippen molar-refractivity contribution in [1.82, 2.24) is 5.32 Å².